The summed E-state index contributed by atoms with van der Waals surface area (Å²) in [5.74, 6) is -0.474. The first-order valence-corrected chi connectivity index (χ1v) is 6.52. The maximum absolute atomic E-state index is 12.1. The highest BCUT2D eigenvalue weighted by Crippen LogP contribution is 2.19. The second kappa shape index (κ2) is 6.93. The zero-order valence-electron chi connectivity index (χ0n) is 12.3. The summed E-state index contributed by atoms with van der Waals surface area (Å²) in [6, 6.07) is 4.76. The van der Waals surface area contributed by atoms with Crippen molar-refractivity contribution in [3.8, 4) is 5.75 Å². The van der Waals surface area contributed by atoms with E-state index >= 15 is 0 Å². The van der Waals surface area contributed by atoms with Crippen molar-refractivity contribution in [2.24, 2.45) is 0 Å². The van der Waals surface area contributed by atoms with Crippen LogP contribution in [0.3, 0.4) is 0 Å². The molecule has 1 aromatic rings. The lowest BCUT2D eigenvalue weighted by atomic mass is 10.1. The van der Waals surface area contributed by atoms with Crippen LogP contribution in [0.5, 0.6) is 5.75 Å². The highest BCUT2D eigenvalue weighted by molar-refractivity contribution is 5.84. The van der Waals surface area contributed by atoms with Crippen LogP contribution in [0.1, 0.15) is 24.5 Å². The molecule has 1 N–H and O–H groups in total. The summed E-state index contributed by atoms with van der Waals surface area (Å²) in [7, 11) is 3.10. The lowest BCUT2D eigenvalue weighted by molar-refractivity contribution is -0.148. The van der Waals surface area contributed by atoms with Crippen LogP contribution in [0, 0.1) is 6.92 Å². The molecule has 20 heavy (non-hydrogen) atoms. The Morgan fingerprint density at radius 2 is 2.05 bits per heavy atom. The molecule has 5 nitrogen and oxygen atoms in total. The van der Waals surface area contributed by atoms with Crippen LogP contribution in [-0.4, -0.2) is 42.1 Å². The van der Waals surface area contributed by atoms with Gasteiger partial charge in [0.25, 0.3) is 0 Å². The number of nitrogens with zero attached hydrogens (tertiary/aromatic N) is 1. The molecule has 0 aliphatic heterocycles. The summed E-state index contributed by atoms with van der Waals surface area (Å²) in [5.41, 5.74) is 1.80. The maximum atomic E-state index is 12.1. The topological polar surface area (TPSA) is 66.8 Å². The van der Waals surface area contributed by atoms with E-state index in [1.54, 1.807) is 14.0 Å². The van der Waals surface area contributed by atoms with Crippen molar-refractivity contribution in [1.29, 1.82) is 0 Å². The van der Waals surface area contributed by atoms with Gasteiger partial charge in [-0.15, -0.1) is 0 Å². The fourth-order valence-electron chi connectivity index (χ4n) is 2.06. The van der Waals surface area contributed by atoms with Crippen molar-refractivity contribution in [2.75, 3.05) is 14.2 Å². The lowest BCUT2D eigenvalue weighted by Crippen LogP contribution is -2.42. The van der Waals surface area contributed by atoms with Crippen molar-refractivity contribution in [3.63, 3.8) is 0 Å². The Kier molecular flexibility index (Phi) is 5.55. The molecule has 0 saturated heterocycles. The molecule has 1 rings (SSSR count). The Balaban J connectivity index is 2.82. The number of carbonyl (C=O) groups is 2. The standard InChI is InChI=1S/C15H21NO4/c1-5-12(15(18)19)16(3)14(17)9-11-7-6-10(2)13(8-11)20-4/h6-8,12H,5,9H2,1-4H3,(H,18,19). The molecule has 0 radical (unpaired) electrons. The minimum Gasteiger partial charge on any atom is -0.496 e. The number of carboxylic acid groups (broad SMARTS) is 1. The minimum atomic E-state index is -0.982. The Morgan fingerprint density at radius 3 is 2.55 bits per heavy atom. The van der Waals surface area contributed by atoms with E-state index in [0.29, 0.717) is 6.42 Å². The molecule has 0 saturated carbocycles. The molecule has 1 aromatic carbocycles. The highest BCUT2D eigenvalue weighted by Gasteiger charge is 2.24. The molecule has 5 heteroatoms. The van der Waals surface area contributed by atoms with Crippen molar-refractivity contribution >= 4 is 11.9 Å². The summed E-state index contributed by atoms with van der Waals surface area (Å²) in [6.07, 6.45) is 0.547. The molecule has 1 atom stereocenters. The summed E-state index contributed by atoms with van der Waals surface area (Å²) >= 11 is 0. The van der Waals surface area contributed by atoms with Gasteiger partial charge in [-0.3, -0.25) is 4.79 Å². The molecular weight excluding hydrogens is 258 g/mol. The number of likely N-dealkylation sites (N-methyl/N-ethyl adjacent to an activating group) is 1. The molecule has 1 unspecified atom stereocenters. The number of amides is 1. The third kappa shape index (κ3) is 3.73. The second-order valence-corrected chi connectivity index (χ2v) is 4.75. The van der Waals surface area contributed by atoms with E-state index < -0.39 is 12.0 Å². The van der Waals surface area contributed by atoms with Gasteiger partial charge in [0.2, 0.25) is 5.91 Å². The first kappa shape index (κ1) is 16.0. The Labute approximate surface area is 119 Å². The van der Waals surface area contributed by atoms with Crippen LogP contribution in [0.15, 0.2) is 18.2 Å². The number of methoxy groups -OCH3 is 1. The van der Waals surface area contributed by atoms with Gasteiger partial charge in [0.1, 0.15) is 11.8 Å². The van der Waals surface area contributed by atoms with Gasteiger partial charge in [0.05, 0.1) is 13.5 Å². The molecule has 0 aliphatic carbocycles. The quantitative estimate of drug-likeness (QED) is 0.863. The molecule has 0 spiro atoms. The van der Waals surface area contributed by atoms with Crippen LogP contribution in [0.2, 0.25) is 0 Å². The van der Waals surface area contributed by atoms with E-state index in [-0.39, 0.29) is 12.3 Å². The Bertz CT molecular complexity index is 499. The molecule has 0 fully saturated rings. The third-order valence-electron chi connectivity index (χ3n) is 3.36. The number of carboxylic acids is 1. The normalized spacial score (nSPS) is 11.8. The number of benzene rings is 1. The highest BCUT2D eigenvalue weighted by atomic mass is 16.5. The number of hydrogen-bond acceptors (Lipinski definition) is 3. The van der Waals surface area contributed by atoms with E-state index in [1.807, 2.05) is 25.1 Å². The average Bonchev–Trinajstić information content (AvgIpc) is 2.41. The molecule has 0 aromatic heterocycles. The minimum absolute atomic E-state index is 0.164. The average molecular weight is 279 g/mol. The van der Waals surface area contributed by atoms with Gasteiger partial charge in [0, 0.05) is 7.05 Å². The van der Waals surface area contributed by atoms with Crippen LogP contribution in [-0.2, 0) is 16.0 Å². The molecule has 0 aliphatic rings. The second-order valence-electron chi connectivity index (χ2n) is 4.75. The van der Waals surface area contributed by atoms with Crippen LogP contribution < -0.4 is 4.74 Å². The van der Waals surface area contributed by atoms with Crippen LogP contribution in [0.25, 0.3) is 0 Å². The molecular formula is C15H21NO4. The monoisotopic (exact) mass is 279 g/mol. The van der Waals surface area contributed by atoms with Gasteiger partial charge in [0.15, 0.2) is 0 Å². The summed E-state index contributed by atoms with van der Waals surface area (Å²) in [6.45, 7) is 3.67. The van der Waals surface area contributed by atoms with Gasteiger partial charge in [-0.1, -0.05) is 19.1 Å². The summed E-state index contributed by atoms with van der Waals surface area (Å²) in [5, 5.41) is 9.06. The van der Waals surface area contributed by atoms with Gasteiger partial charge < -0.3 is 14.7 Å². The number of carbonyl (C=O) groups excluding carboxylic acids is 1. The Hall–Kier alpha value is -2.04. The number of hydrogen-bond donors (Lipinski definition) is 1. The lowest BCUT2D eigenvalue weighted by Gasteiger charge is -2.23. The molecule has 0 bridgehead atoms. The maximum Gasteiger partial charge on any atom is 0.326 e. The number of aliphatic carboxylic acids is 1. The number of rotatable bonds is 6. The van der Waals surface area contributed by atoms with Crippen molar-refractivity contribution in [2.45, 2.75) is 32.7 Å². The van der Waals surface area contributed by atoms with Gasteiger partial charge in [-0.2, -0.15) is 0 Å². The fourth-order valence-corrected chi connectivity index (χ4v) is 2.06. The zero-order valence-corrected chi connectivity index (χ0v) is 12.3. The van der Waals surface area contributed by atoms with Gasteiger partial charge in [-0.05, 0) is 30.5 Å². The Morgan fingerprint density at radius 1 is 1.40 bits per heavy atom. The van der Waals surface area contributed by atoms with Gasteiger partial charge in [-0.25, -0.2) is 4.79 Å². The van der Waals surface area contributed by atoms with E-state index in [2.05, 4.69) is 0 Å². The predicted octanol–water partition coefficient (Wildman–Crippen LogP) is 1.87. The number of aryl methyl sites for hydroxylation is 1. The van der Waals surface area contributed by atoms with E-state index in [0.717, 1.165) is 16.9 Å². The predicted molar refractivity (Wildman–Crippen MR) is 75.9 cm³/mol. The molecule has 1 amide bonds. The van der Waals surface area contributed by atoms with Crippen molar-refractivity contribution in [3.05, 3.63) is 29.3 Å². The van der Waals surface area contributed by atoms with E-state index in [1.165, 1.54) is 11.9 Å². The van der Waals surface area contributed by atoms with Crippen LogP contribution >= 0.6 is 0 Å². The third-order valence-corrected chi connectivity index (χ3v) is 3.36. The SMILES string of the molecule is CCC(C(=O)O)N(C)C(=O)Cc1ccc(C)c(OC)c1. The van der Waals surface area contributed by atoms with E-state index in [9.17, 15) is 9.59 Å². The molecule has 110 valence electrons. The summed E-state index contributed by atoms with van der Waals surface area (Å²) < 4.78 is 5.22. The van der Waals surface area contributed by atoms with Gasteiger partial charge >= 0.3 is 5.97 Å². The fraction of sp³-hybridized carbons (Fsp3) is 0.467. The zero-order chi connectivity index (χ0) is 15.3. The van der Waals surface area contributed by atoms with E-state index in [4.69, 9.17) is 9.84 Å². The van der Waals surface area contributed by atoms with Crippen molar-refractivity contribution < 1.29 is 19.4 Å². The van der Waals surface area contributed by atoms with Crippen LogP contribution in [0.4, 0.5) is 0 Å². The first-order chi connectivity index (χ1) is 9.40. The summed E-state index contributed by atoms with van der Waals surface area (Å²) in [4.78, 5) is 24.5. The largest absolute Gasteiger partial charge is 0.496 e. The van der Waals surface area contributed by atoms with Crippen molar-refractivity contribution in [1.82, 2.24) is 4.90 Å². The number of ether oxygens (including phenoxy) is 1. The first-order valence-electron chi connectivity index (χ1n) is 6.52. The smallest absolute Gasteiger partial charge is 0.326 e. The molecule has 0 heterocycles.